The van der Waals surface area contributed by atoms with Gasteiger partial charge in [-0.1, -0.05) is 83.9 Å². The van der Waals surface area contributed by atoms with Gasteiger partial charge in [-0.25, -0.2) is 4.98 Å². The van der Waals surface area contributed by atoms with Gasteiger partial charge in [-0.2, -0.15) is 13.2 Å². The Bertz CT molecular complexity index is 1790. The van der Waals surface area contributed by atoms with Crippen molar-refractivity contribution in [2.45, 2.75) is 25.6 Å². The molecule has 0 unspecified atom stereocenters. The van der Waals surface area contributed by atoms with Gasteiger partial charge in [-0.05, 0) is 48.4 Å². The van der Waals surface area contributed by atoms with Gasteiger partial charge in [-0.3, -0.25) is 4.79 Å². The van der Waals surface area contributed by atoms with E-state index < -0.39 is 11.7 Å². The fourth-order valence-electron chi connectivity index (χ4n) is 5.21. The number of ketones is 1. The molecule has 0 aliphatic carbocycles. The maximum absolute atomic E-state index is 13.4. The van der Waals surface area contributed by atoms with E-state index in [9.17, 15) is 18.0 Å². The maximum atomic E-state index is 13.4. The summed E-state index contributed by atoms with van der Waals surface area (Å²) in [5.41, 5.74) is 9.58. The Kier molecular flexibility index (Phi) is 12.1. The second-order valence-electron chi connectivity index (χ2n) is 11.0. The minimum Gasteiger partial charge on any atom is -0.379 e. The molecule has 1 heterocycles. The van der Waals surface area contributed by atoms with Crippen LogP contribution in [-0.4, -0.2) is 48.3 Å². The molecule has 11 heteroatoms. The van der Waals surface area contributed by atoms with Crippen LogP contribution in [0.25, 0.3) is 33.9 Å². The van der Waals surface area contributed by atoms with E-state index in [-0.39, 0.29) is 5.78 Å². The number of rotatable bonds is 15. The molecule has 0 atom stereocenters. The normalized spacial score (nSPS) is 11.6. The highest BCUT2D eigenvalue weighted by atomic mass is 35.5. The summed E-state index contributed by atoms with van der Waals surface area (Å²) in [5.74, 6) is 0.483. The number of carbonyl (C=O) groups is 1. The molecular weight excluding hydrogens is 662 g/mol. The van der Waals surface area contributed by atoms with E-state index in [0.29, 0.717) is 85.0 Å². The quantitative estimate of drug-likeness (QED) is 0.0873. The number of Topliss-reactive ketones (excluding diaryl/α,β-unsaturated/α-hetero) is 1. The summed E-state index contributed by atoms with van der Waals surface area (Å²) in [6.07, 6.45) is -3.54. The molecule has 0 bridgehead atoms. The third kappa shape index (κ3) is 9.12. The lowest BCUT2D eigenvalue weighted by Gasteiger charge is -2.15. The lowest BCUT2D eigenvalue weighted by Crippen LogP contribution is -2.12. The third-order valence-corrected chi connectivity index (χ3v) is 8.12. The first kappa shape index (κ1) is 35.3. The largest absolute Gasteiger partial charge is 0.416 e. The van der Waals surface area contributed by atoms with Crippen LogP contribution in [0.15, 0.2) is 97.1 Å². The molecule has 1 aromatic heterocycles. The topological polar surface area (TPSA) is 79.4 Å². The zero-order valence-corrected chi connectivity index (χ0v) is 27.5. The van der Waals surface area contributed by atoms with Crippen molar-refractivity contribution in [1.82, 2.24) is 9.55 Å². The summed E-state index contributed by atoms with van der Waals surface area (Å²) in [6, 6.07) is 26.8. The number of imidazole rings is 1. The summed E-state index contributed by atoms with van der Waals surface area (Å²) in [4.78, 5) is 17.9. The standard InChI is InChI=1S/C37H34Cl2F3N3O3/c38-31-15-9-27(10-16-31)34-35(28-11-17-32(39)18-12-28)45(36(44-34)29-7-13-30(14-8-29)37(40,41)42)24-25-3-5-26(6-4-25)33(46)2-1-20-47-22-23-48-21-19-43/h3-18H,1-2,19-24,43H2. The first-order valence-electron chi connectivity index (χ1n) is 15.4. The molecule has 5 rings (SSSR count). The zero-order valence-electron chi connectivity index (χ0n) is 26.0. The van der Waals surface area contributed by atoms with E-state index in [4.69, 9.17) is 43.4 Å². The molecule has 6 nitrogen and oxygen atoms in total. The lowest BCUT2D eigenvalue weighted by atomic mass is 10.0. The van der Waals surface area contributed by atoms with Gasteiger partial charge >= 0.3 is 6.18 Å². The first-order valence-corrected chi connectivity index (χ1v) is 16.2. The molecular formula is C37H34Cl2F3N3O3. The summed E-state index contributed by atoms with van der Waals surface area (Å²) in [6.45, 7) is 2.63. The molecule has 0 aliphatic heterocycles. The lowest BCUT2D eigenvalue weighted by molar-refractivity contribution is -0.137. The molecule has 48 heavy (non-hydrogen) atoms. The van der Waals surface area contributed by atoms with Crippen LogP contribution in [0.2, 0.25) is 10.0 Å². The average Bonchev–Trinajstić information content (AvgIpc) is 3.45. The van der Waals surface area contributed by atoms with Crippen molar-refractivity contribution in [1.29, 1.82) is 0 Å². The van der Waals surface area contributed by atoms with Crippen LogP contribution < -0.4 is 5.73 Å². The second-order valence-corrected chi connectivity index (χ2v) is 11.9. The molecule has 0 saturated carbocycles. The second kappa shape index (κ2) is 16.4. The van der Waals surface area contributed by atoms with Gasteiger partial charge in [0, 0.05) is 58.4 Å². The van der Waals surface area contributed by atoms with Crippen LogP contribution in [0.5, 0.6) is 0 Å². The van der Waals surface area contributed by atoms with E-state index in [1.807, 2.05) is 41.0 Å². The van der Waals surface area contributed by atoms with Gasteiger partial charge < -0.3 is 19.8 Å². The summed E-state index contributed by atoms with van der Waals surface area (Å²) in [7, 11) is 0. The van der Waals surface area contributed by atoms with Crippen molar-refractivity contribution < 1.29 is 27.4 Å². The highest BCUT2D eigenvalue weighted by molar-refractivity contribution is 6.31. The molecule has 0 amide bonds. The van der Waals surface area contributed by atoms with Gasteiger partial charge in [-0.15, -0.1) is 0 Å². The van der Waals surface area contributed by atoms with Crippen LogP contribution in [0.4, 0.5) is 13.2 Å². The number of ether oxygens (including phenoxy) is 2. The van der Waals surface area contributed by atoms with Gasteiger partial charge in [0.25, 0.3) is 0 Å². The highest BCUT2D eigenvalue weighted by Crippen LogP contribution is 2.38. The van der Waals surface area contributed by atoms with Gasteiger partial charge in [0.15, 0.2) is 5.78 Å². The SMILES string of the molecule is NCCOCCOCCCC(=O)c1ccc(Cn2c(-c3ccc(C(F)(F)F)cc3)nc(-c3ccc(Cl)cc3)c2-c2ccc(Cl)cc2)cc1. The first-order chi connectivity index (χ1) is 23.1. The Labute approximate surface area is 287 Å². The van der Waals surface area contributed by atoms with Crippen molar-refractivity contribution in [2.75, 3.05) is 33.0 Å². The van der Waals surface area contributed by atoms with E-state index in [1.165, 1.54) is 12.1 Å². The predicted octanol–water partition coefficient (Wildman–Crippen LogP) is 9.21. The Morgan fingerprint density at radius 1 is 0.729 bits per heavy atom. The number of hydrogen-bond donors (Lipinski definition) is 1. The van der Waals surface area contributed by atoms with Crippen molar-refractivity contribution >= 4 is 29.0 Å². The number of halogens is 5. The Balaban J connectivity index is 1.46. The number of alkyl halides is 3. The molecule has 4 aromatic carbocycles. The van der Waals surface area contributed by atoms with Gasteiger partial charge in [0.2, 0.25) is 0 Å². The van der Waals surface area contributed by atoms with Crippen molar-refractivity contribution in [3.63, 3.8) is 0 Å². The number of benzene rings is 4. The summed E-state index contributed by atoms with van der Waals surface area (Å²) >= 11 is 12.4. The molecule has 0 aliphatic rings. The molecule has 2 N–H and O–H groups in total. The predicted molar refractivity (Wildman–Crippen MR) is 183 cm³/mol. The number of hydrogen-bond acceptors (Lipinski definition) is 5. The molecule has 0 fully saturated rings. The maximum Gasteiger partial charge on any atom is 0.416 e. The van der Waals surface area contributed by atoms with E-state index in [2.05, 4.69) is 0 Å². The van der Waals surface area contributed by atoms with Crippen LogP contribution >= 0.6 is 23.2 Å². The molecule has 5 aromatic rings. The zero-order chi connectivity index (χ0) is 34.1. The number of nitrogens with two attached hydrogens (primary N) is 1. The van der Waals surface area contributed by atoms with Crippen LogP contribution in [-0.2, 0) is 22.2 Å². The number of carbonyl (C=O) groups excluding carboxylic acids is 1. The van der Waals surface area contributed by atoms with Crippen LogP contribution in [0.1, 0.15) is 34.3 Å². The van der Waals surface area contributed by atoms with Crippen molar-refractivity contribution in [2.24, 2.45) is 5.73 Å². The molecule has 250 valence electrons. The monoisotopic (exact) mass is 695 g/mol. The summed E-state index contributed by atoms with van der Waals surface area (Å²) < 4.78 is 53.1. The Hall–Kier alpha value is -3.99. The smallest absolute Gasteiger partial charge is 0.379 e. The third-order valence-electron chi connectivity index (χ3n) is 7.62. The fraction of sp³-hybridized carbons (Fsp3) is 0.243. The Morgan fingerprint density at radius 2 is 1.29 bits per heavy atom. The van der Waals surface area contributed by atoms with Crippen molar-refractivity contribution in [3.05, 3.63) is 124 Å². The van der Waals surface area contributed by atoms with Crippen LogP contribution in [0.3, 0.4) is 0 Å². The summed E-state index contributed by atoms with van der Waals surface area (Å²) in [5, 5.41) is 1.12. The molecule has 0 spiro atoms. The minimum atomic E-state index is -4.47. The van der Waals surface area contributed by atoms with E-state index in [1.54, 1.807) is 36.4 Å². The van der Waals surface area contributed by atoms with E-state index in [0.717, 1.165) is 34.5 Å². The number of aromatic nitrogens is 2. The Morgan fingerprint density at radius 3 is 1.88 bits per heavy atom. The van der Waals surface area contributed by atoms with Crippen molar-refractivity contribution in [3.8, 4) is 33.9 Å². The van der Waals surface area contributed by atoms with Crippen LogP contribution in [0, 0.1) is 0 Å². The number of nitrogens with zero attached hydrogens (tertiary/aromatic N) is 2. The average molecular weight is 697 g/mol. The van der Waals surface area contributed by atoms with Gasteiger partial charge in [0.05, 0.1) is 36.8 Å². The minimum absolute atomic E-state index is 0.00415. The van der Waals surface area contributed by atoms with E-state index >= 15 is 0 Å². The molecule has 0 saturated heterocycles. The highest BCUT2D eigenvalue weighted by Gasteiger charge is 2.30. The molecule has 0 radical (unpaired) electrons. The fourth-order valence-corrected chi connectivity index (χ4v) is 5.46. The van der Waals surface area contributed by atoms with Gasteiger partial charge in [0.1, 0.15) is 5.82 Å².